The first-order valence-electron chi connectivity index (χ1n) is 10.8. The van der Waals surface area contributed by atoms with Crippen LogP contribution in [0.3, 0.4) is 0 Å². The third-order valence-corrected chi connectivity index (χ3v) is 5.50. The van der Waals surface area contributed by atoms with E-state index in [1.165, 1.54) is 54.9 Å². The van der Waals surface area contributed by atoms with Crippen molar-refractivity contribution in [2.75, 3.05) is 0 Å². The maximum absolute atomic E-state index is 5.85. The molecule has 2 aromatic heterocycles. The molecular weight excluding hydrogens is 342 g/mol. The van der Waals surface area contributed by atoms with Crippen molar-refractivity contribution in [1.82, 2.24) is 9.97 Å². The van der Waals surface area contributed by atoms with E-state index in [4.69, 9.17) is 5.73 Å². The smallest absolute Gasteiger partial charge is 0.0863 e. The zero-order valence-corrected chi connectivity index (χ0v) is 17.2. The number of rotatable bonds is 4. The molecule has 1 fully saturated rings. The molecule has 2 aliphatic rings. The maximum Gasteiger partial charge on any atom is 0.0863 e. The zero-order valence-electron chi connectivity index (χ0n) is 17.2. The van der Waals surface area contributed by atoms with Crippen molar-refractivity contribution < 1.29 is 0 Å². The number of aryl methyl sites for hydroxylation is 1. The molecule has 0 spiro atoms. The number of aromatic nitrogens is 2. The summed E-state index contributed by atoms with van der Waals surface area (Å²) in [4.78, 5) is 9.10. The van der Waals surface area contributed by atoms with Gasteiger partial charge in [-0.1, -0.05) is 70.2 Å². The van der Waals surface area contributed by atoms with Gasteiger partial charge >= 0.3 is 0 Å². The van der Waals surface area contributed by atoms with E-state index in [1.54, 1.807) is 0 Å². The summed E-state index contributed by atoms with van der Waals surface area (Å²) in [6.07, 6.45) is 19.3. The maximum atomic E-state index is 5.85. The van der Waals surface area contributed by atoms with Gasteiger partial charge in [-0.25, -0.2) is 4.98 Å². The van der Waals surface area contributed by atoms with Crippen LogP contribution < -0.4 is 16.3 Å². The Morgan fingerprint density at radius 1 is 1.04 bits per heavy atom. The Kier molecular flexibility index (Phi) is 7.41. The van der Waals surface area contributed by atoms with Crippen molar-refractivity contribution in [2.45, 2.75) is 71.1 Å². The fourth-order valence-electron chi connectivity index (χ4n) is 3.83. The van der Waals surface area contributed by atoms with Crippen LogP contribution in [0.2, 0.25) is 0 Å². The van der Waals surface area contributed by atoms with Gasteiger partial charge in [-0.2, -0.15) is 0 Å². The van der Waals surface area contributed by atoms with Gasteiger partial charge in [0.25, 0.3) is 0 Å². The Morgan fingerprint density at radius 2 is 1.71 bits per heavy atom. The Balaban J connectivity index is 0.000000320. The summed E-state index contributed by atoms with van der Waals surface area (Å²) in [5.74, 6) is 0. The minimum Gasteiger partial charge on any atom is -0.397 e. The molecule has 4 rings (SSSR count). The van der Waals surface area contributed by atoms with E-state index in [0.29, 0.717) is 5.70 Å². The van der Waals surface area contributed by atoms with Gasteiger partial charge in [0.05, 0.1) is 16.7 Å². The molecule has 28 heavy (non-hydrogen) atoms. The van der Waals surface area contributed by atoms with E-state index in [-0.39, 0.29) is 0 Å². The van der Waals surface area contributed by atoms with Gasteiger partial charge < -0.3 is 5.73 Å². The van der Waals surface area contributed by atoms with E-state index in [1.807, 2.05) is 6.20 Å². The second-order valence-corrected chi connectivity index (χ2v) is 7.79. The first kappa shape index (κ1) is 20.3. The highest BCUT2D eigenvalue weighted by molar-refractivity contribution is 5.58. The van der Waals surface area contributed by atoms with Crippen molar-refractivity contribution in [2.24, 2.45) is 5.73 Å². The van der Waals surface area contributed by atoms with E-state index < -0.39 is 0 Å². The molecular formula is C25H33N3. The molecule has 0 amide bonds. The highest BCUT2D eigenvalue weighted by Gasteiger charge is 2.07. The lowest BCUT2D eigenvalue weighted by molar-refractivity contribution is 0.504. The lowest BCUT2D eigenvalue weighted by atomic mass is 10.00. The summed E-state index contributed by atoms with van der Waals surface area (Å²) in [6.45, 7) is 5.94. The fraction of sp³-hybridized carbons (Fsp3) is 0.440. The quantitative estimate of drug-likeness (QED) is 0.869. The van der Waals surface area contributed by atoms with Crippen LogP contribution in [0.15, 0.2) is 31.0 Å². The first-order valence-corrected chi connectivity index (χ1v) is 10.8. The molecule has 0 unspecified atom stereocenters. The molecule has 0 radical (unpaired) electrons. The van der Waals surface area contributed by atoms with Crippen molar-refractivity contribution in [3.05, 3.63) is 64.1 Å². The molecule has 1 saturated carbocycles. The van der Waals surface area contributed by atoms with Crippen LogP contribution in [-0.2, 0) is 12.8 Å². The van der Waals surface area contributed by atoms with Crippen LogP contribution in [-0.4, -0.2) is 9.97 Å². The number of hydrogen-bond donors (Lipinski definition) is 1. The van der Waals surface area contributed by atoms with Crippen molar-refractivity contribution in [1.29, 1.82) is 0 Å². The Hall–Kier alpha value is -2.42. The number of nitrogens with two attached hydrogens (primary N) is 1. The van der Waals surface area contributed by atoms with Crippen molar-refractivity contribution in [3.63, 3.8) is 0 Å². The average molecular weight is 376 g/mol. The van der Waals surface area contributed by atoms with E-state index >= 15 is 0 Å². The number of pyridine rings is 2. The summed E-state index contributed by atoms with van der Waals surface area (Å²) in [7, 11) is 0. The van der Waals surface area contributed by atoms with Gasteiger partial charge in [0, 0.05) is 11.9 Å². The largest absolute Gasteiger partial charge is 0.397 e. The summed E-state index contributed by atoms with van der Waals surface area (Å²) in [5, 5.41) is 2.26. The predicted molar refractivity (Wildman–Crippen MR) is 119 cm³/mol. The van der Waals surface area contributed by atoms with Gasteiger partial charge in [0.15, 0.2) is 0 Å². The summed E-state index contributed by atoms with van der Waals surface area (Å²) in [6, 6.07) is 6.31. The lowest BCUT2D eigenvalue weighted by Gasteiger charge is -2.10. The topological polar surface area (TPSA) is 51.8 Å². The number of hydrogen-bond acceptors (Lipinski definition) is 3. The first-order chi connectivity index (χ1) is 13.7. The van der Waals surface area contributed by atoms with E-state index in [0.717, 1.165) is 42.4 Å². The molecule has 2 aromatic rings. The van der Waals surface area contributed by atoms with Gasteiger partial charge in [-0.05, 0) is 54.2 Å². The zero-order chi connectivity index (χ0) is 19.8. The normalized spacial score (nSPS) is 15.3. The second-order valence-electron chi connectivity index (χ2n) is 7.79. The monoisotopic (exact) mass is 375 g/mol. The van der Waals surface area contributed by atoms with Crippen LogP contribution in [0.25, 0.3) is 17.8 Å². The summed E-state index contributed by atoms with van der Waals surface area (Å²) in [5.41, 5.74) is 10.7. The molecule has 0 aliphatic heterocycles. The molecule has 148 valence electrons. The third kappa shape index (κ3) is 5.54. The van der Waals surface area contributed by atoms with Gasteiger partial charge in [-0.3, -0.25) is 4.98 Å². The fourth-order valence-corrected chi connectivity index (χ4v) is 3.83. The van der Waals surface area contributed by atoms with Crippen molar-refractivity contribution in [3.8, 4) is 0 Å². The molecule has 3 heteroatoms. The molecule has 0 aromatic carbocycles. The van der Waals surface area contributed by atoms with Crippen molar-refractivity contribution >= 4 is 17.8 Å². The molecule has 0 saturated heterocycles. The molecule has 2 aliphatic carbocycles. The van der Waals surface area contributed by atoms with E-state index in [2.05, 4.69) is 53.8 Å². The highest BCUT2D eigenvalue weighted by atomic mass is 14.7. The SMILES string of the molecule is C1CCCCC1.C=C(N)c1cc(Cc2ccc(CC)nc2)c2c(n1)=CCCC=2. The van der Waals surface area contributed by atoms with Crippen LogP contribution in [0.5, 0.6) is 0 Å². The Bertz CT molecular complexity index is 895. The minimum absolute atomic E-state index is 0.516. The average Bonchev–Trinajstić information content (AvgIpc) is 2.76. The second kappa shape index (κ2) is 10.2. The van der Waals surface area contributed by atoms with E-state index in [9.17, 15) is 0 Å². The highest BCUT2D eigenvalue weighted by Crippen LogP contribution is 2.15. The Morgan fingerprint density at radius 3 is 2.29 bits per heavy atom. The van der Waals surface area contributed by atoms with Gasteiger partial charge in [0.1, 0.15) is 0 Å². The van der Waals surface area contributed by atoms with Crippen LogP contribution in [0, 0.1) is 0 Å². The number of fused-ring (bicyclic) bond motifs is 1. The van der Waals surface area contributed by atoms with Crippen LogP contribution in [0.4, 0.5) is 0 Å². The predicted octanol–water partition coefficient (Wildman–Crippen LogP) is 4.25. The molecule has 2 N–H and O–H groups in total. The molecule has 2 heterocycles. The van der Waals surface area contributed by atoms with Gasteiger partial charge in [-0.15, -0.1) is 0 Å². The Labute approximate surface area is 169 Å². The standard InChI is InChI=1S/C19H21N3.C6H12/c1-3-16-9-8-14(12-21-16)10-15-11-19(13(2)20)22-18-7-5-4-6-17(15)18;1-2-4-6-5-3-1/h6-9,11-12H,2-5,10,20H2,1H3;1-6H2. The van der Waals surface area contributed by atoms with Gasteiger partial charge in [0.2, 0.25) is 0 Å². The summed E-state index contributed by atoms with van der Waals surface area (Å²) >= 11 is 0. The lowest BCUT2D eigenvalue weighted by Crippen LogP contribution is -2.35. The molecule has 0 bridgehead atoms. The summed E-state index contributed by atoms with van der Waals surface area (Å²) < 4.78 is 0. The van der Waals surface area contributed by atoms with Crippen LogP contribution in [0.1, 0.15) is 80.8 Å². The molecule has 3 nitrogen and oxygen atoms in total. The third-order valence-electron chi connectivity index (χ3n) is 5.50. The number of nitrogens with zero attached hydrogens (tertiary/aromatic N) is 2. The minimum atomic E-state index is 0.516. The molecule has 0 atom stereocenters. The van der Waals surface area contributed by atoms with Crippen LogP contribution >= 0.6 is 0 Å².